The second-order valence-electron chi connectivity index (χ2n) is 7.32. The van der Waals surface area contributed by atoms with Crippen molar-refractivity contribution in [2.45, 2.75) is 39.0 Å². The van der Waals surface area contributed by atoms with Crippen molar-refractivity contribution in [2.24, 2.45) is 5.92 Å². The van der Waals surface area contributed by atoms with Crippen molar-refractivity contribution in [3.8, 4) is 11.3 Å². The zero-order chi connectivity index (χ0) is 18.8. The van der Waals surface area contributed by atoms with E-state index in [0.29, 0.717) is 22.4 Å². The Labute approximate surface area is 158 Å². The van der Waals surface area contributed by atoms with Gasteiger partial charge < -0.3 is 9.73 Å². The van der Waals surface area contributed by atoms with Crippen molar-refractivity contribution in [3.63, 3.8) is 0 Å². The highest BCUT2D eigenvalue weighted by molar-refractivity contribution is 5.95. The largest absolute Gasteiger partial charge is 0.456 e. The van der Waals surface area contributed by atoms with Crippen LogP contribution in [0, 0.1) is 12.8 Å². The van der Waals surface area contributed by atoms with Crippen LogP contribution >= 0.6 is 0 Å². The Morgan fingerprint density at radius 2 is 1.81 bits per heavy atom. The van der Waals surface area contributed by atoms with Gasteiger partial charge in [0.15, 0.2) is 5.43 Å². The molecule has 0 aliphatic heterocycles. The Morgan fingerprint density at radius 1 is 1.04 bits per heavy atom. The summed E-state index contributed by atoms with van der Waals surface area (Å²) < 4.78 is 5.97. The number of hydrogen-bond donors (Lipinski definition) is 1. The molecule has 0 atom stereocenters. The number of rotatable bonds is 3. The van der Waals surface area contributed by atoms with E-state index in [-0.39, 0.29) is 17.3 Å². The van der Waals surface area contributed by atoms with E-state index in [4.69, 9.17) is 4.42 Å². The van der Waals surface area contributed by atoms with Crippen LogP contribution in [0.3, 0.4) is 0 Å². The Morgan fingerprint density at radius 3 is 2.59 bits per heavy atom. The zero-order valence-electron chi connectivity index (χ0n) is 15.5. The van der Waals surface area contributed by atoms with Gasteiger partial charge in [-0.05, 0) is 43.5 Å². The number of fused-ring (bicyclic) bond motifs is 1. The molecule has 4 rings (SSSR count). The Balaban J connectivity index is 1.64. The summed E-state index contributed by atoms with van der Waals surface area (Å²) in [5.74, 6) is 0.689. The highest BCUT2D eigenvalue weighted by Crippen LogP contribution is 2.28. The fourth-order valence-corrected chi connectivity index (χ4v) is 3.83. The van der Waals surface area contributed by atoms with Gasteiger partial charge in [-0.2, -0.15) is 0 Å². The fraction of sp³-hybridized carbons (Fsp3) is 0.304. The second kappa shape index (κ2) is 7.39. The van der Waals surface area contributed by atoms with Crippen molar-refractivity contribution in [3.05, 3.63) is 64.3 Å². The van der Waals surface area contributed by atoms with Gasteiger partial charge >= 0.3 is 0 Å². The Kier molecular flexibility index (Phi) is 4.80. The average Bonchev–Trinajstić information content (AvgIpc) is 2.69. The molecule has 0 saturated heterocycles. The van der Waals surface area contributed by atoms with Crippen molar-refractivity contribution in [1.82, 2.24) is 0 Å². The van der Waals surface area contributed by atoms with Crippen LogP contribution in [-0.2, 0) is 4.79 Å². The van der Waals surface area contributed by atoms with Gasteiger partial charge in [-0.3, -0.25) is 9.59 Å². The van der Waals surface area contributed by atoms with E-state index in [1.54, 1.807) is 18.2 Å². The van der Waals surface area contributed by atoms with E-state index >= 15 is 0 Å². The number of aryl methyl sites for hydroxylation is 1. The van der Waals surface area contributed by atoms with Crippen LogP contribution in [-0.4, -0.2) is 5.91 Å². The minimum Gasteiger partial charge on any atom is -0.456 e. The molecule has 1 aliphatic rings. The monoisotopic (exact) mass is 361 g/mol. The number of benzene rings is 2. The van der Waals surface area contributed by atoms with Gasteiger partial charge in [-0.1, -0.05) is 43.5 Å². The standard InChI is InChI=1S/C23H23NO3/c1-15-7-5-6-10-18(15)22-14-20(25)19-13-17(11-12-21(19)27-22)24-23(26)16-8-3-2-4-9-16/h5-7,10-14,16H,2-4,8-9H2,1H3,(H,24,26). The summed E-state index contributed by atoms with van der Waals surface area (Å²) in [6.45, 7) is 1.99. The van der Waals surface area contributed by atoms with Gasteiger partial charge in [-0.15, -0.1) is 0 Å². The molecule has 1 aromatic heterocycles. The van der Waals surface area contributed by atoms with Gasteiger partial charge in [0.1, 0.15) is 11.3 Å². The lowest BCUT2D eigenvalue weighted by atomic mass is 9.88. The number of anilines is 1. The smallest absolute Gasteiger partial charge is 0.227 e. The number of carbonyl (C=O) groups is 1. The minimum atomic E-state index is -0.108. The summed E-state index contributed by atoms with van der Waals surface area (Å²) in [6, 6.07) is 14.6. The maximum absolute atomic E-state index is 12.7. The molecule has 138 valence electrons. The molecule has 1 aliphatic carbocycles. The highest BCUT2D eigenvalue weighted by Gasteiger charge is 2.21. The van der Waals surface area contributed by atoms with Crippen LogP contribution in [0.1, 0.15) is 37.7 Å². The van der Waals surface area contributed by atoms with Crippen LogP contribution in [0.4, 0.5) is 5.69 Å². The molecule has 1 N–H and O–H groups in total. The van der Waals surface area contributed by atoms with Crippen LogP contribution in [0.5, 0.6) is 0 Å². The molecule has 0 spiro atoms. The van der Waals surface area contributed by atoms with Gasteiger partial charge in [0.05, 0.1) is 5.39 Å². The number of nitrogens with one attached hydrogen (secondary N) is 1. The average molecular weight is 361 g/mol. The fourth-order valence-electron chi connectivity index (χ4n) is 3.83. The molecule has 3 aromatic rings. The molecule has 27 heavy (non-hydrogen) atoms. The predicted octanol–water partition coefficient (Wildman–Crippen LogP) is 5.29. The van der Waals surface area contributed by atoms with E-state index in [1.165, 1.54) is 12.5 Å². The molecular formula is C23H23NO3. The molecule has 4 nitrogen and oxygen atoms in total. The van der Waals surface area contributed by atoms with Crippen molar-refractivity contribution in [2.75, 3.05) is 5.32 Å². The molecule has 4 heteroatoms. The summed E-state index contributed by atoms with van der Waals surface area (Å²) in [5, 5.41) is 3.45. The van der Waals surface area contributed by atoms with Crippen molar-refractivity contribution < 1.29 is 9.21 Å². The lowest BCUT2D eigenvalue weighted by Gasteiger charge is -2.20. The first-order chi connectivity index (χ1) is 13.1. The zero-order valence-corrected chi connectivity index (χ0v) is 15.5. The molecular weight excluding hydrogens is 338 g/mol. The predicted molar refractivity (Wildman–Crippen MR) is 108 cm³/mol. The first kappa shape index (κ1) is 17.5. The van der Waals surface area contributed by atoms with Gasteiger partial charge in [-0.25, -0.2) is 0 Å². The molecule has 0 bridgehead atoms. The van der Waals surface area contributed by atoms with Gasteiger partial charge in [0.25, 0.3) is 0 Å². The van der Waals surface area contributed by atoms with Crippen LogP contribution in [0.15, 0.2) is 57.7 Å². The van der Waals surface area contributed by atoms with Crippen LogP contribution in [0.2, 0.25) is 0 Å². The molecule has 1 fully saturated rings. The third kappa shape index (κ3) is 3.65. The number of hydrogen-bond acceptors (Lipinski definition) is 3. The van der Waals surface area contributed by atoms with Gasteiger partial charge in [0.2, 0.25) is 5.91 Å². The van der Waals surface area contributed by atoms with Gasteiger partial charge in [0, 0.05) is 23.2 Å². The highest BCUT2D eigenvalue weighted by atomic mass is 16.3. The summed E-state index contributed by atoms with van der Waals surface area (Å²) in [7, 11) is 0. The summed E-state index contributed by atoms with van der Waals surface area (Å²) >= 11 is 0. The normalized spacial score (nSPS) is 15.0. The van der Waals surface area contributed by atoms with E-state index in [0.717, 1.165) is 36.8 Å². The minimum absolute atomic E-state index is 0.0509. The maximum atomic E-state index is 12.7. The summed E-state index contributed by atoms with van der Waals surface area (Å²) in [6.07, 6.45) is 5.33. The van der Waals surface area contributed by atoms with E-state index in [9.17, 15) is 9.59 Å². The molecule has 1 saturated carbocycles. The molecule has 2 aromatic carbocycles. The molecule has 1 amide bonds. The third-order valence-corrected chi connectivity index (χ3v) is 5.38. The van der Waals surface area contributed by atoms with Crippen molar-refractivity contribution in [1.29, 1.82) is 0 Å². The quantitative estimate of drug-likeness (QED) is 0.690. The molecule has 0 unspecified atom stereocenters. The van der Waals surface area contributed by atoms with Crippen molar-refractivity contribution >= 4 is 22.6 Å². The first-order valence-corrected chi connectivity index (χ1v) is 9.56. The van der Waals surface area contributed by atoms with E-state index in [1.807, 2.05) is 31.2 Å². The second-order valence-corrected chi connectivity index (χ2v) is 7.32. The number of carbonyl (C=O) groups excluding carboxylic acids is 1. The van der Waals surface area contributed by atoms with E-state index in [2.05, 4.69) is 5.32 Å². The molecule has 1 heterocycles. The van der Waals surface area contributed by atoms with Crippen LogP contribution in [0.25, 0.3) is 22.3 Å². The number of amides is 1. The molecule has 0 radical (unpaired) electrons. The lowest BCUT2D eigenvalue weighted by molar-refractivity contribution is -0.120. The maximum Gasteiger partial charge on any atom is 0.227 e. The van der Waals surface area contributed by atoms with E-state index < -0.39 is 0 Å². The SMILES string of the molecule is Cc1ccccc1-c1cc(=O)c2cc(NC(=O)C3CCCCC3)ccc2o1. The summed E-state index contributed by atoms with van der Waals surface area (Å²) in [5.41, 5.74) is 3.02. The summed E-state index contributed by atoms with van der Waals surface area (Å²) in [4.78, 5) is 25.1. The Bertz CT molecular complexity index is 1040. The Hall–Kier alpha value is -2.88. The third-order valence-electron chi connectivity index (χ3n) is 5.38. The topological polar surface area (TPSA) is 59.3 Å². The first-order valence-electron chi connectivity index (χ1n) is 9.56. The lowest BCUT2D eigenvalue weighted by Crippen LogP contribution is -2.24. The van der Waals surface area contributed by atoms with Crippen LogP contribution < -0.4 is 10.7 Å².